The Bertz CT molecular complexity index is 3220. The Labute approximate surface area is 348 Å². The zero-order chi connectivity index (χ0) is 39.5. The van der Waals surface area contributed by atoms with Crippen LogP contribution in [0.4, 0.5) is 51.2 Å². The summed E-state index contributed by atoms with van der Waals surface area (Å²) in [4.78, 5) is 7.05. The number of hydrogen-bond donors (Lipinski definition) is 0. The highest BCUT2D eigenvalue weighted by Gasteiger charge is 2.57. The van der Waals surface area contributed by atoms with E-state index in [4.69, 9.17) is 4.74 Å². The maximum atomic E-state index is 17.7. The van der Waals surface area contributed by atoms with Crippen LogP contribution >= 0.6 is 7.14 Å². The Balaban J connectivity index is 1.27. The van der Waals surface area contributed by atoms with E-state index in [1.165, 1.54) is 0 Å². The van der Waals surface area contributed by atoms with E-state index in [-0.39, 0.29) is 0 Å². The lowest BCUT2D eigenvalue weighted by Crippen LogP contribution is -2.48. The van der Waals surface area contributed by atoms with Crippen molar-refractivity contribution in [3.63, 3.8) is 0 Å². The molecule has 1 unspecified atom stereocenters. The van der Waals surface area contributed by atoms with Gasteiger partial charge in [0, 0.05) is 16.9 Å². The van der Waals surface area contributed by atoms with Crippen LogP contribution < -0.4 is 35.4 Å². The van der Waals surface area contributed by atoms with E-state index in [2.05, 4.69) is 203 Å². The van der Waals surface area contributed by atoms with Crippen molar-refractivity contribution in [1.82, 2.24) is 0 Å². The topological polar surface area (TPSA) is 36.0 Å². The third-order valence-corrected chi connectivity index (χ3v) is 15.6. The van der Waals surface area contributed by atoms with Gasteiger partial charge in [-0.3, -0.25) is 0 Å². The minimum absolute atomic E-state index is 0.704. The lowest BCUT2D eigenvalue weighted by molar-refractivity contribution is 0.479. The van der Waals surface area contributed by atoms with E-state index in [1.807, 2.05) is 18.2 Å². The van der Waals surface area contributed by atoms with E-state index < -0.39 is 7.14 Å². The van der Waals surface area contributed by atoms with Crippen LogP contribution in [0.1, 0.15) is 0 Å². The summed E-state index contributed by atoms with van der Waals surface area (Å²) in [5.41, 5.74) is 14.4. The standard InChI is InChI=1S/C54H34N3O2P/c58-60-52-44-30-38(35-18-6-1-7-19-35)31-45(52)56(41-26-14-5-15-27-41)48-34-42(37-22-10-3-11-23-37)51-50(54(48)60)57(43-28-16-17-29-49(43)59-51)47-33-39(36-20-8-2-9-21-36)32-46(53(47)60)55(44)40-24-12-4-13-25-40/h1-34H. The summed E-state index contributed by atoms with van der Waals surface area (Å²) in [6, 6.07) is 72.1. The fourth-order valence-electron chi connectivity index (χ4n) is 9.90. The molecule has 0 fully saturated rings. The minimum Gasteiger partial charge on any atom is -0.452 e. The molecule has 4 aliphatic rings. The number of hydrogen-bond acceptors (Lipinski definition) is 5. The van der Waals surface area contributed by atoms with Gasteiger partial charge in [-0.05, 0) is 94.5 Å². The maximum absolute atomic E-state index is 17.7. The molecule has 0 saturated heterocycles. The van der Waals surface area contributed by atoms with Crippen LogP contribution in [0.5, 0.6) is 11.5 Å². The number of benzene rings is 9. The van der Waals surface area contributed by atoms with Gasteiger partial charge in [0.05, 0.1) is 50.0 Å². The number of ether oxygens (including phenoxy) is 1. The molecule has 0 N–H and O–H groups in total. The molecule has 1 atom stereocenters. The van der Waals surface area contributed by atoms with E-state index in [0.717, 1.165) is 106 Å². The molecule has 0 amide bonds. The second kappa shape index (κ2) is 12.5. The van der Waals surface area contributed by atoms with Crippen molar-refractivity contribution in [3.8, 4) is 44.9 Å². The molecule has 0 aromatic heterocycles. The molecule has 282 valence electrons. The summed E-state index contributed by atoms with van der Waals surface area (Å²) >= 11 is 0. The molecule has 5 nitrogen and oxygen atoms in total. The van der Waals surface area contributed by atoms with Crippen molar-refractivity contribution < 1.29 is 9.30 Å². The smallest absolute Gasteiger partial charge is 0.183 e. The molecule has 13 rings (SSSR count). The lowest BCUT2D eigenvalue weighted by Gasteiger charge is -2.51. The average Bonchev–Trinajstić information content (AvgIpc) is 3.31. The van der Waals surface area contributed by atoms with Gasteiger partial charge in [-0.25, -0.2) is 0 Å². The number of anilines is 9. The molecule has 0 spiro atoms. The van der Waals surface area contributed by atoms with E-state index >= 15 is 4.57 Å². The van der Waals surface area contributed by atoms with Crippen LogP contribution in [0.2, 0.25) is 0 Å². The van der Waals surface area contributed by atoms with Crippen LogP contribution in [-0.4, -0.2) is 0 Å². The molecule has 0 bridgehead atoms. The predicted octanol–water partition coefficient (Wildman–Crippen LogP) is 13.8. The van der Waals surface area contributed by atoms with Gasteiger partial charge < -0.3 is 24.0 Å². The molecular formula is C54H34N3O2P. The van der Waals surface area contributed by atoms with Crippen LogP contribution in [-0.2, 0) is 4.57 Å². The van der Waals surface area contributed by atoms with Gasteiger partial charge >= 0.3 is 0 Å². The molecule has 4 aliphatic heterocycles. The Morgan fingerprint density at radius 1 is 0.350 bits per heavy atom. The predicted molar refractivity (Wildman–Crippen MR) is 247 cm³/mol. The molecular weight excluding hydrogens is 754 g/mol. The van der Waals surface area contributed by atoms with Gasteiger partial charge in [-0.15, -0.1) is 0 Å². The molecule has 4 heterocycles. The van der Waals surface area contributed by atoms with Gasteiger partial charge in [0.25, 0.3) is 0 Å². The summed E-state index contributed by atoms with van der Waals surface area (Å²) in [6.07, 6.45) is 0. The highest BCUT2D eigenvalue weighted by molar-refractivity contribution is 7.87. The molecule has 9 aromatic carbocycles. The van der Waals surface area contributed by atoms with E-state index in [9.17, 15) is 0 Å². The summed E-state index contributed by atoms with van der Waals surface area (Å²) in [5, 5.41) is 2.46. The van der Waals surface area contributed by atoms with Crippen LogP contribution in [0.15, 0.2) is 206 Å². The van der Waals surface area contributed by atoms with Crippen molar-refractivity contribution in [3.05, 3.63) is 206 Å². The first kappa shape index (κ1) is 33.4. The number of para-hydroxylation sites is 4. The molecule has 9 aromatic rings. The quantitative estimate of drug-likeness (QED) is 0.162. The van der Waals surface area contributed by atoms with E-state index in [1.54, 1.807) is 0 Å². The Kier molecular flexibility index (Phi) is 6.93. The first-order valence-corrected chi connectivity index (χ1v) is 22.0. The van der Waals surface area contributed by atoms with Crippen molar-refractivity contribution >= 4 is 74.2 Å². The lowest BCUT2D eigenvalue weighted by atomic mass is 9.96. The number of fused-ring (bicyclic) bond motifs is 3. The first-order chi connectivity index (χ1) is 29.7. The summed E-state index contributed by atoms with van der Waals surface area (Å²) in [7, 11) is -3.69. The van der Waals surface area contributed by atoms with Crippen LogP contribution in [0.3, 0.4) is 0 Å². The largest absolute Gasteiger partial charge is 0.452 e. The average molecular weight is 788 g/mol. The molecule has 6 heteroatoms. The zero-order valence-electron chi connectivity index (χ0n) is 32.2. The summed E-state index contributed by atoms with van der Waals surface area (Å²) < 4.78 is 24.8. The Morgan fingerprint density at radius 2 is 0.750 bits per heavy atom. The molecule has 0 radical (unpaired) electrons. The monoisotopic (exact) mass is 787 g/mol. The van der Waals surface area contributed by atoms with Gasteiger partial charge in [-0.2, -0.15) is 0 Å². The SMILES string of the molecule is O=P12c3c4cc(-c5ccccc5)cc3N(c3ccccc3)c3cc(-c5ccccc5)c5c(c31)N(c1ccccc1O5)c1cc(-c3ccccc3)cc(c12)N4c1ccccc1. The molecule has 0 aliphatic carbocycles. The number of rotatable bonds is 5. The first-order valence-electron chi connectivity index (χ1n) is 20.3. The van der Waals surface area contributed by atoms with Crippen molar-refractivity contribution in [2.45, 2.75) is 0 Å². The Morgan fingerprint density at radius 3 is 1.25 bits per heavy atom. The summed E-state index contributed by atoms with van der Waals surface area (Å²) in [6.45, 7) is 0. The summed E-state index contributed by atoms with van der Waals surface area (Å²) in [5.74, 6) is 1.45. The van der Waals surface area contributed by atoms with Crippen LogP contribution in [0, 0.1) is 0 Å². The van der Waals surface area contributed by atoms with Gasteiger partial charge in [0.15, 0.2) is 18.6 Å². The van der Waals surface area contributed by atoms with Crippen molar-refractivity contribution in [2.75, 3.05) is 14.7 Å². The van der Waals surface area contributed by atoms with Crippen LogP contribution in [0.25, 0.3) is 33.4 Å². The fraction of sp³-hybridized carbons (Fsp3) is 0. The Hall–Kier alpha value is -7.59. The normalized spacial score (nSPS) is 15.8. The second-order valence-corrected chi connectivity index (χ2v) is 18.2. The van der Waals surface area contributed by atoms with Crippen molar-refractivity contribution in [2.24, 2.45) is 0 Å². The highest BCUT2D eigenvalue weighted by Crippen LogP contribution is 2.71. The third-order valence-electron chi connectivity index (χ3n) is 12.4. The minimum atomic E-state index is -3.69. The van der Waals surface area contributed by atoms with E-state index in [0.29, 0.717) is 5.75 Å². The third kappa shape index (κ3) is 4.50. The second-order valence-electron chi connectivity index (χ2n) is 15.7. The van der Waals surface area contributed by atoms with Gasteiger partial charge in [-0.1, -0.05) is 140 Å². The maximum Gasteiger partial charge on any atom is 0.183 e. The molecule has 0 saturated carbocycles. The fourth-order valence-corrected chi connectivity index (χ4v) is 13.5. The highest BCUT2D eigenvalue weighted by atomic mass is 31.2. The zero-order valence-corrected chi connectivity index (χ0v) is 33.1. The molecule has 60 heavy (non-hydrogen) atoms. The van der Waals surface area contributed by atoms with Crippen molar-refractivity contribution in [1.29, 1.82) is 0 Å². The van der Waals surface area contributed by atoms with Gasteiger partial charge in [0.2, 0.25) is 0 Å². The number of nitrogens with zero attached hydrogens (tertiary/aromatic N) is 3. The van der Waals surface area contributed by atoms with Gasteiger partial charge in [0.1, 0.15) is 5.69 Å².